The van der Waals surface area contributed by atoms with Crippen molar-refractivity contribution in [1.82, 2.24) is 4.90 Å². The highest BCUT2D eigenvalue weighted by molar-refractivity contribution is 5.94. The number of hydrogen-bond acceptors (Lipinski definition) is 4. The van der Waals surface area contributed by atoms with Crippen LogP contribution in [0.25, 0.3) is 22.1 Å². The number of likely N-dealkylation sites (tertiary alicyclic amines) is 1. The van der Waals surface area contributed by atoms with E-state index in [-0.39, 0.29) is 23.4 Å². The van der Waals surface area contributed by atoms with Gasteiger partial charge in [-0.2, -0.15) is 5.26 Å². The maximum atomic E-state index is 12.9. The van der Waals surface area contributed by atoms with E-state index in [1.165, 1.54) is 0 Å². The lowest BCUT2D eigenvalue weighted by atomic mass is 9.94. The van der Waals surface area contributed by atoms with E-state index in [0.717, 1.165) is 40.5 Å². The van der Waals surface area contributed by atoms with Crippen molar-refractivity contribution in [2.24, 2.45) is 11.8 Å². The second-order valence-electron chi connectivity index (χ2n) is 8.48. The van der Waals surface area contributed by atoms with Crippen LogP contribution >= 0.6 is 0 Å². The molecule has 1 aliphatic heterocycles. The van der Waals surface area contributed by atoms with Gasteiger partial charge in [0.15, 0.2) is 0 Å². The van der Waals surface area contributed by atoms with Gasteiger partial charge in [0, 0.05) is 36.0 Å². The molecule has 0 bridgehead atoms. The zero-order chi connectivity index (χ0) is 22.0. The van der Waals surface area contributed by atoms with Crippen molar-refractivity contribution in [3.63, 3.8) is 0 Å². The Bertz CT molecular complexity index is 1220. The quantitative estimate of drug-likeness (QED) is 0.580. The van der Waals surface area contributed by atoms with E-state index in [4.69, 9.17) is 4.42 Å². The van der Waals surface area contributed by atoms with Gasteiger partial charge in [-0.05, 0) is 48.9 Å². The molecule has 0 saturated carbocycles. The number of nitrogens with zero attached hydrogens (tertiary/aromatic N) is 2. The van der Waals surface area contributed by atoms with Crippen LogP contribution in [0.5, 0.6) is 0 Å². The second-order valence-corrected chi connectivity index (χ2v) is 8.48. The normalized spacial score (nSPS) is 17.3. The predicted octanol–water partition coefficient (Wildman–Crippen LogP) is 4.71. The fourth-order valence-corrected chi connectivity index (χ4v) is 4.47. The largest absolute Gasteiger partial charge is 0.423 e. The molecular formula is C26H26N2O3. The summed E-state index contributed by atoms with van der Waals surface area (Å²) < 4.78 is 5.50. The van der Waals surface area contributed by atoms with Crippen molar-refractivity contribution in [2.75, 3.05) is 13.1 Å². The summed E-state index contributed by atoms with van der Waals surface area (Å²) in [5.74, 6) is -0.198. The Hall–Kier alpha value is -3.39. The van der Waals surface area contributed by atoms with Crippen molar-refractivity contribution in [2.45, 2.75) is 33.1 Å². The topological polar surface area (TPSA) is 74.3 Å². The SMILES string of the molecule is Cc1ccccc1-c1cc(=O)oc2cc(CC(C)C(=O)N3CCC[C@H](C#N)C3)ccc12. The van der Waals surface area contributed by atoms with Gasteiger partial charge in [0.25, 0.3) is 0 Å². The van der Waals surface area contributed by atoms with Crippen LogP contribution in [0.4, 0.5) is 0 Å². The molecule has 158 valence electrons. The first-order valence-corrected chi connectivity index (χ1v) is 10.8. The Morgan fingerprint density at radius 1 is 1.23 bits per heavy atom. The van der Waals surface area contributed by atoms with Gasteiger partial charge in [-0.15, -0.1) is 0 Å². The van der Waals surface area contributed by atoms with E-state index in [9.17, 15) is 14.9 Å². The summed E-state index contributed by atoms with van der Waals surface area (Å²) in [5, 5.41) is 10.1. The van der Waals surface area contributed by atoms with E-state index in [2.05, 4.69) is 6.07 Å². The Labute approximate surface area is 181 Å². The molecule has 2 aromatic carbocycles. The van der Waals surface area contributed by atoms with E-state index in [0.29, 0.717) is 25.1 Å². The molecule has 1 amide bonds. The molecule has 0 aliphatic carbocycles. The zero-order valence-electron chi connectivity index (χ0n) is 17.9. The highest BCUT2D eigenvalue weighted by Crippen LogP contribution is 2.30. The molecule has 2 heterocycles. The molecule has 5 nitrogen and oxygen atoms in total. The van der Waals surface area contributed by atoms with Crippen molar-refractivity contribution in [3.8, 4) is 17.2 Å². The molecule has 3 aromatic rings. The number of nitriles is 1. The maximum absolute atomic E-state index is 12.9. The fraction of sp³-hybridized carbons (Fsp3) is 0.346. The van der Waals surface area contributed by atoms with E-state index in [1.807, 2.05) is 61.2 Å². The molecule has 1 fully saturated rings. The third-order valence-corrected chi connectivity index (χ3v) is 6.12. The third-order valence-electron chi connectivity index (χ3n) is 6.12. The summed E-state index contributed by atoms with van der Waals surface area (Å²) in [4.78, 5) is 27.0. The molecule has 1 aliphatic rings. The molecule has 1 unspecified atom stereocenters. The summed E-state index contributed by atoms with van der Waals surface area (Å²) in [6.45, 7) is 5.18. The Kier molecular flexibility index (Phi) is 5.90. The van der Waals surface area contributed by atoms with E-state index < -0.39 is 0 Å². The van der Waals surface area contributed by atoms with Crippen molar-refractivity contribution < 1.29 is 9.21 Å². The molecule has 0 radical (unpaired) electrons. The number of amides is 1. The van der Waals surface area contributed by atoms with Crippen LogP contribution in [-0.2, 0) is 11.2 Å². The van der Waals surface area contributed by atoms with Gasteiger partial charge in [0.2, 0.25) is 5.91 Å². The number of piperidine rings is 1. The minimum absolute atomic E-state index is 0.0697. The monoisotopic (exact) mass is 414 g/mol. The van der Waals surface area contributed by atoms with Crippen LogP contribution in [0.15, 0.2) is 57.7 Å². The molecule has 31 heavy (non-hydrogen) atoms. The van der Waals surface area contributed by atoms with Crippen LogP contribution in [0.1, 0.15) is 30.9 Å². The Morgan fingerprint density at radius 2 is 2.03 bits per heavy atom. The van der Waals surface area contributed by atoms with E-state index >= 15 is 0 Å². The van der Waals surface area contributed by atoms with Gasteiger partial charge in [0.1, 0.15) is 5.58 Å². The van der Waals surface area contributed by atoms with Gasteiger partial charge in [0.05, 0.1) is 12.0 Å². The minimum Gasteiger partial charge on any atom is -0.423 e. The van der Waals surface area contributed by atoms with Crippen molar-refractivity contribution in [1.29, 1.82) is 5.26 Å². The number of carbonyl (C=O) groups excluding carboxylic acids is 1. The van der Waals surface area contributed by atoms with Crippen LogP contribution in [0.2, 0.25) is 0 Å². The lowest BCUT2D eigenvalue weighted by Gasteiger charge is -2.31. The predicted molar refractivity (Wildman–Crippen MR) is 120 cm³/mol. The highest BCUT2D eigenvalue weighted by atomic mass is 16.4. The lowest BCUT2D eigenvalue weighted by Crippen LogP contribution is -2.42. The van der Waals surface area contributed by atoms with Crippen molar-refractivity contribution >= 4 is 16.9 Å². The standard InChI is InChI=1S/C26H26N2O3/c1-17-6-3-4-8-21(17)23-14-25(29)31-24-13-19(9-10-22(23)24)12-18(2)26(30)28-11-5-7-20(15-27)16-28/h3-4,6,8-10,13-14,18,20H,5,7,11-12,16H2,1-2H3/t18?,20-/m1/s1. The van der Waals surface area contributed by atoms with Gasteiger partial charge in [-0.3, -0.25) is 4.79 Å². The summed E-state index contributed by atoms with van der Waals surface area (Å²) >= 11 is 0. The third kappa shape index (κ3) is 4.39. The number of carbonyl (C=O) groups is 1. The zero-order valence-corrected chi connectivity index (χ0v) is 17.9. The van der Waals surface area contributed by atoms with E-state index in [1.54, 1.807) is 6.07 Å². The first kappa shape index (κ1) is 20.9. The van der Waals surface area contributed by atoms with Gasteiger partial charge in [-0.25, -0.2) is 4.79 Å². The number of aryl methyl sites for hydroxylation is 1. The Morgan fingerprint density at radius 3 is 2.81 bits per heavy atom. The average molecular weight is 415 g/mol. The van der Waals surface area contributed by atoms with Crippen molar-refractivity contribution in [3.05, 3.63) is 70.1 Å². The second kappa shape index (κ2) is 8.77. The fourth-order valence-electron chi connectivity index (χ4n) is 4.47. The number of fused-ring (bicyclic) bond motifs is 1. The van der Waals surface area contributed by atoms with Crippen LogP contribution in [0.3, 0.4) is 0 Å². The molecule has 4 rings (SSSR count). The first-order chi connectivity index (χ1) is 15.0. The lowest BCUT2D eigenvalue weighted by molar-refractivity contribution is -0.136. The molecule has 0 N–H and O–H groups in total. The molecule has 1 aromatic heterocycles. The summed E-state index contributed by atoms with van der Waals surface area (Å²) in [7, 11) is 0. The summed E-state index contributed by atoms with van der Waals surface area (Å²) in [5.41, 5.74) is 4.06. The number of benzene rings is 2. The van der Waals surface area contributed by atoms with Crippen LogP contribution < -0.4 is 5.63 Å². The minimum atomic E-state index is -0.386. The molecule has 0 spiro atoms. The molecule has 5 heteroatoms. The highest BCUT2D eigenvalue weighted by Gasteiger charge is 2.27. The smallest absolute Gasteiger partial charge is 0.336 e. The molecule has 2 atom stereocenters. The van der Waals surface area contributed by atoms with Gasteiger partial charge in [-0.1, -0.05) is 43.3 Å². The van der Waals surface area contributed by atoms with Crippen LogP contribution in [-0.4, -0.2) is 23.9 Å². The summed E-state index contributed by atoms with van der Waals surface area (Å²) in [6.07, 6.45) is 2.29. The van der Waals surface area contributed by atoms with Gasteiger partial charge < -0.3 is 9.32 Å². The molecular weight excluding hydrogens is 388 g/mol. The molecule has 1 saturated heterocycles. The number of hydrogen-bond donors (Lipinski definition) is 0. The summed E-state index contributed by atoms with van der Waals surface area (Å²) in [6, 6.07) is 17.6. The first-order valence-electron chi connectivity index (χ1n) is 10.8. The van der Waals surface area contributed by atoms with Crippen LogP contribution in [0, 0.1) is 30.1 Å². The maximum Gasteiger partial charge on any atom is 0.336 e. The average Bonchev–Trinajstić information content (AvgIpc) is 2.78. The van der Waals surface area contributed by atoms with Gasteiger partial charge >= 0.3 is 5.63 Å². The number of rotatable bonds is 4. The Balaban J connectivity index is 1.60.